The van der Waals surface area contributed by atoms with Crippen molar-refractivity contribution >= 4 is 31.5 Å². The Morgan fingerprint density at radius 2 is 1.55 bits per heavy atom. The van der Waals surface area contributed by atoms with E-state index < -0.39 is 11.6 Å². The Hall–Kier alpha value is -1.88. The molecule has 0 aliphatic heterocycles. The number of benzene rings is 2. The largest absolute Gasteiger partial charge is 0.494 e. The fourth-order valence-corrected chi connectivity index (χ4v) is 3.56. The SMILES string of the molecule is CCCCOc1ccc2c(sc3c(F)c(OC)ccc32)c1F. The molecule has 2 nitrogen and oxygen atoms in total. The first-order valence-electron chi connectivity index (χ1n) is 7.17. The lowest BCUT2D eigenvalue weighted by molar-refractivity contribution is 0.295. The van der Waals surface area contributed by atoms with Crippen LogP contribution in [0.15, 0.2) is 24.3 Å². The van der Waals surface area contributed by atoms with E-state index in [2.05, 4.69) is 0 Å². The normalized spacial score (nSPS) is 11.3. The summed E-state index contributed by atoms with van der Waals surface area (Å²) < 4.78 is 40.2. The van der Waals surface area contributed by atoms with Gasteiger partial charge < -0.3 is 9.47 Å². The molecule has 0 radical (unpaired) electrons. The molecule has 0 saturated carbocycles. The number of unbranched alkanes of at least 4 members (excludes halogenated alkanes) is 1. The Kier molecular flexibility index (Phi) is 4.16. The van der Waals surface area contributed by atoms with Crippen molar-refractivity contribution in [3.63, 3.8) is 0 Å². The van der Waals surface area contributed by atoms with E-state index in [9.17, 15) is 8.78 Å². The van der Waals surface area contributed by atoms with E-state index in [-0.39, 0.29) is 11.5 Å². The molecule has 2 aromatic carbocycles. The van der Waals surface area contributed by atoms with Crippen molar-refractivity contribution in [1.82, 2.24) is 0 Å². The topological polar surface area (TPSA) is 18.5 Å². The standard InChI is InChI=1S/C17H16F2O2S/c1-3-4-9-21-13-8-6-11-10-5-7-12(20-2)14(18)16(10)22-17(11)15(13)19/h5-8H,3-4,9H2,1-2H3. The van der Waals surface area contributed by atoms with E-state index in [1.165, 1.54) is 7.11 Å². The molecule has 3 aromatic rings. The van der Waals surface area contributed by atoms with Gasteiger partial charge in [0.05, 0.1) is 23.1 Å². The fourth-order valence-electron chi connectivity index (χ4n) is 2.40. The molecule has 0 amide bonds. The molecule has 0 aliphatic rings. The van der Waals surface area contributed by atoms with Gasteiger partial charge >= 0.3 is 0 Å². The summed E-state index contributed by atoms with van der Waals surface area (Å²) in [7, 11) is 1.41. The van der Waals surface area contributed by atoms with Crippen molar-refractivity contribution in [1.29, 1.82) is 0 Å². The molecule has 1 aromatic heterocycles. The second kappa shape index (κ2) is 6.08. The lowest BCUT2D eigenvalue weighted by Gasteiger charge is -2.06. The Balaban J connectivity index is 2.14. The third kappa shape index (κ3) is 2.39. The number of hydrogen-bond acceptors (Lipinski definition) is 3. The second-order valence-corrected chi connectivity index (χ2v) is 6.04. The summed E-state index contributed by atoms with van der Waals surface area (Å²) in [4.78, 5) is 0. The van der Waals surface area contributed by atoms with Crippen LogP contribution in [0.2, 0.25) is 0 Å². The van der Waals surface area contributed by atoms with Crippen LogP contribution in [-0.2, 0) is 0 Å². The first-order chi connectivity index (χ1) is 10.7. The lowest BCUT2D eigenvalue weighted by Crippen LogP contribution is -1.98. The Morgan fingerprint density at radius 3 is 2.14 bits per heavy atom. The second-order valence-electron chi connectivity index (χ2n) is 5.02. The summed E-state index contributed by atoms with van der Waals surface area (Å²) in [5, 5.41) is 1.39. The first kappa shape index (κ1) is 15.0. The average molecular weight is 322 g/mol. The predicted octanol–water partition coefficient (Wildman–Crippen LogP) is 5.52. The maximum atomic E-state index is 14.6. The van der Waals surface area contributed by atoms with Crippen molar-refractivity contribution in [3.05, 3.63) is 35.9 Å². The molecular weight excluding hydrogens is 306 g/mol. The number of halogens is 2. The average Bonchev–Trinajstić information content (AvgIpc) is 2.91. The molecule has 0 saturated heterocycles. The highest BCUT2D eigenvalue weighted by atomic mass is 32.1. The minimum atomic E-state index is -0.450. The minimum Gasteiger partial charge on any atom is -0.494 e. The van der Waals surface area contributed by atoms with Gasteiger partial charge in [0.25, 0.3) is 0 Å². The maximum Gasteiger partial charge on any atom is 0.182 e. The third-order valence-electron chi connectivity index (χ3n) is 3.59. The van der Waals surface area contributed by atoms with Gasteiger partial charge in [-0.05, 0) is 30.7 Å². The van der Waals surface area contributed by atoms with Crippen molar-refractivity contribution in [2.45, 2.75) is 19.8 Å². The highest BCUT2D eigenvalue weighted by Crippen LogP contribution is 2.41. The highest BCUT2D eigenvalue weighted by Gasteiger charge is 2.17. The van der Waals surface area contributed by atoms with E-state index in [1.807, 2.05) is 6.92 Å². The summed E-state index contributed by atoms with van der Waals surface area (Å²) in [6.45, 7) is 2.52. The van der Waals surface area contributed by atoms with Crippen LogP contribution in [0.4, 0.5) is 8.78 Å². The summed E-state index contributed by atoms with van der Waals surface area (Å²) in [6.07, 6.45) is 1.85. The van der Waals surface area contributed by atoms with Crippen LogP contribution in [0, 0.1) is 11.6 Å². The Labute approximate surface area is 131 Å². The highest BCUT2D eigenvalue weighted by molar-refractivity contribution is 7.25. The van der Waals surface area contributed by atoms with Crippen molar-refractivity contribution in [3.8, 4) is 11.5 Å². The van der Waals surface area contributed by atoms with Crippen LogP contribution in [-0.4, -0.2) is 13.7 Å². The molecule has 0 N–H and O–H groups in total. The number of methoxy groups -OCH3 is 1. The van der Waals surface area contributed by atoms with Gasteiger partial charge in [0.15, 0.2) is 23.1 Å². The lowest BCUT2D eigenvalue weighted by atomic mass is 10.1. The molecule has 22 heavy (non-hydrogen) atoms. The van der Waals surface area contributed by atoms with Crippen LogP contribution < -0.4 is 9.47 Å². The van der Waals surface area contributed by atoms with Gasteiger partial charge in [-0.1, -0.05) is 13.3 Å². The summed E-state index contributed by atoms with van der Waals surface area (Å²) in [5.41, 5.74) is 0. The van der Waals surface area contributed by atoms with Gasteiger partial charge in [0.2, 0.25) is 0 Å². The number of ether oxygens (including phenoxy) is 2. The van der Waals surface area contributed by atoms with Crippen molar-refractivity contribution < 1.29 is 18.3 Å². The molecule has 0 bridgehead atoms. The quantitative estimate of drug-likeness (QED) is 0.576. The minimum absolute atomic E-state index is 0.166. The molecule has 3 rings (SSSR count). The van der Waals surface area contributed by atoms with E-state index in [0.29, 0.717) is 26.8 Å². The van der Waals surface area contributed by atoms with Crippen molar-refractivity contribution in [2.24, 2.45) is 0 Å². The zero-order valence-electron chi connectivity index (χ0n) is 12.4. The number of hydrogen-bond donors (Lipinski definition) is 0. The first-order valence-corrected chi connectivity index (χ1v) is 7.99. The van der Waals surface area contributed by atoms with Gasteiger partial charge in [-0.25, -0.2) is 8.78 Å². The molecule has 0 fully saturated rings. The third-order valence-corrected chi connectivity index (χ3v) is 4.80. The Morgan fingerprint density at radius 1 is 0.955 bits per heavy atom. The molecule has 1 heterocycles. The van der Waals surface area contributed by atoms with Gasteiger partial charge in [-0.15, -0.1) is 11.3 Å². The summed E-state index contributed by atoms with van der Waals surface area (Å²) in [5.74, 6) is -0.485. The van der Waals surface area contributed by atoms with E-state index in [4.69, 9.17) is 9.47 Å². The zero-order valence-corrected chi connectivity index (χ0v) is 13.2. The molecule has 116 valence electrons. The summed E-state index contributed by atoms with van der Waals surface area (Å²) >= 11 is 1.09. The van der Waals surface area contributed by atoms with E-state index in [1.54, 1.807) is 24.3 Å². The van der Waals surface area contributed by atoms with Crippen LogP contribution in [0.5, 0.6) is 11.5 Å². The zero-order chi connectivity index (χ0) is 15.7. The predicted molar refractivity (Wildman–Crippen MR) is 86.2 cm³/mol. The van der Waals surface area contributed by atoms with E-state index in [0.717, 1.165) is 24.2 Å². The van der Waals surface area contributed by atoms with Crippen LogP contribution in [0.25, 0.3) is 20.2 Å². The molecule has 0 atom stereocenters. The van der Waals surface area contributed by atoms with Crippen LogP contribution in [0.1, 0.15) is 19.8 Å². The molecule has 0 spiro atoms. The van der Waals surface area contributed by atoms with Gasteiger partial charge in [-0.2, -0.15) is 0 Å². The smallest absolute Gasteiger partial charge is 0.182 e. The molecular formula is C17H16F2O2S. The number of thiophene rings is 1. The van der Waals surface area contributed by atoms with E-state index >= 15 is 0 Å². The maximum absolute atomic E-state index is 14.6. The van der Waals surface area contributed by atoms with Gasteiger partial charge in [0.1, 0.15) is 0 Å². The number of fused-ring (bicyclic) bond motifs is 3. The van der Waals surface area contributed by atoms with Gasteiger partial charge in [0, 0.05) is 10.8 Å². The molecule has 0 unspecified atom stereocenters. The van der Waals surface area contributed by atoms with Gasteiger partial charge in [-0.3, -0.25) is 0 Å². The fraction of sp³-hybridized carbons (Fsp3) is 0.294. The molecule has 0 aliphatic carbocycles. The van der Waals surface area contributed by atoms with Crippen LogP contribution >= 0.6 is 11.3 Å². The Bertz CT molecular complexity index is 826. The monoisotopic (exact) mass is 322 g/mol. The van der Waals surface area contributed by atoms with Crippen LogP contribution in [0.3, 0.4) is 0 Å². The van der Waals surface area contributed by atoms with Crippen molar-refractivity contribution in [2.75, 3.05) is 13.7 Å². The number of rotatable bonds is 5. The molecule has 5 heteroatoms. The summed E-state index contributed by atoms with van der Waals surface area (Å²) in [6, 6.07) is 6.71.